The molecule has 0 bridgehead atoms. The van der Waals surface area contributed by atoms with Crippen molar-refractivity contribution >= 4 is 0 Å². The summed E-state index contributed by atoms with van der Waals surface area (Å²) >= 11 is 0. The summed E-state index contributed by atoms with van der Waals surface area (Å²) in [6, 6.07) is 0. The van der Waals surface area contributed by atoms with E-state index >= 15 is 0 Å². The standard InChI is InChI=1S/C8H16N2/c1-4-8(5-2)7(3)9-6-10-8/h9-10H,3-6H2,1-2H3. The molecule has 1 fully saturated rings. The molecule has 0 aromatic heterocycles. The third kappa shape index (κ3) is 0.926. The zero-order chi connectivity index (χ0) is 7.61. The summed E-state index contributed by atoms with van der Waals surface area (Å²) in [7, 11) is 0. The fraction of sp³-hybridized carbons (Fsp3) is 0.750. The van der Waals surface area contributed by atoms with E-state index in [1.54, 1.807) is 0 Å². The Hall–Kier alpha value is -0.500. The summed E-state index contributed by atoms with van der Waals surface area (Å²) in [5.74, 6) is 0. The Balaban J connectivity index is 2.71. The average Bonchev–Trinajstić information content (AvgIpc) is 2.32. The van der Waals surface area contributed by atoms with Crippen molar-refractivity contribution in [1.82, 2.24) is 10.6 Å². The van der Waals surface area contributed by atoms with Crippen molar-refractivity contribution in [2.75, 3.05) is 6.67 Å². The predicted octanol–water partition coefficient (Wildman–Crippen LogP) is 1.21. The second-order valence-electron chi connectivity index (χ2n) is 2.80. The van der Waals surface area contributed by atoms with Crippen LogP contribution in [-0.4, -0.2) is 12.2 Å². The highest BCUT2D eigenvalue weighted by molar-refractivity contribution is 5.18. The summed E-state index contributed by atoms with van der Waals surface area (Å²) in [5.41, 5.74) is 1.33. The SMILES string of the molecule is C=C1NCNC1(CC)CC. The lowest BCUT2D eigenvalue weighted by Gasteiger charge is -2.26. The molecule has 10 heavy (non-hydrogen) atoms. The number of nitrogens with one attached hydrogen (secondary N) is 2. The van der Waals surface area contributed by atoms with Gasteiger partial charge in [-0.05, 0) is 12.8 Å². The first kappa shape index (κ1) is 7.61. The van der Waals surface area contributed by atoms with Crippen LogP contribution in [0.15, 0.2) is 12.3 Å². The number of hydrogen-bond acceptors (Lipinski definition) is 2. The first-order chi connectivity index (χ1) is 4.75. The lowest BCUT2D eigenvalue weighted by Crippen LogP contribution is -2.39. The van der Waals surface area contributed by atoms with Gasteiger partial charge in [0.05, 0.1) is 12.2 Å². The molecule has 0 saturated carbocycles. The predicted molar refractivity (Wildman–Crippen MR) is 43.6 cm³/mol. The van der Waals surface area contributed by atoms with Gasteiger partial charge in [-0.15, -0.1) is 0 Å². The van der Waals surface area contributed by atoms with Crippen LogP contribution in [0, 0.1) is 0 Å². The van der Waals surface area contributed by atoms with Gasteiger partial charge in [0.25, 0.3) is 0 Å². The Morgan fingerprint density at radius 3 is 2.30 bits per heavy atom. The van der Waals surface area contributed by atoms with Crippen LogP contribution in [0.4, 0.5) is 0 Å². The second kappa shape index (κ2) is 2.62. The normalized spacial score (nSPS) is 22.8. The van der Waals surface area contributed by atoms with Crippen LogP contribution in [0.5, 0.6) is 0 Å². The highest BCUT2D eigenvalue weighted by Crippen LogP contribution is 2.24. The van der Waals surface area contributed by atoms with Crippen LogP contribution in [0.3, 0.4) is 0 Å². The summed E-state index contributed by atoms with van der Waals surface area (Å²) in [6.07, 6.45) is 2.24. The summed E-state index contributed by atoms with van der Waals surface area (Å²) in [6.45, 7) is 9.23. The van der Waals surface area contributed by atoms with Crippen molar-refractivity contribution in [3.05, 3.63) is 12.3 Å². The molecule has 1 aliphatic rings. The second-order valence-corrected chi connectivity index (χ2v) is 2.80. The van der Waals surface area contributed by atoms with E-state index in [0.29, 0.717) is 0 Å². The van der Waals surface area contributed by atoms with E-state index in [2.05, 4.69) is 31.1 Å². The molecule has 0 aromatic carbocycles. The molecule has 1 saturated heterocycles. The topological polar surface area (TPSA) is 24.1 Å². The van der Waals surface area contributed by atoms with Gasteiger partial charge in [0.1, 0.15) is 0 Å². The van der Waals surface area contributed by atoms with Crippen molar-refractivity contribution in [3.8, 4) is 0 Å². The quantitative estimate of drug-likeness (QED) is 0.602. The van der Waals surface area contributed by atoms with Gasteiger partial charge in [-0.25, -0.2) is 0 Å². The van der Waals surface area contributed by atoms with Gasteiger partial charge in [0.15, 0.2) is 0 Å². The van der Waals surface area contributed by atoms with Crippen LogP contribution in [0.2, 0.25) is 0 Å². The highest BCUT2D eigenvalue weighted by Gasteiger charge is 2.32. The molecule has 58 valence electrons. The van der Waals surface area contributed by atoms with E-state index in [1.807, 2.05) is 0 Å². The van der Waals surface area contributed by atoms with Gasteiger partial charge in [-0.2, -0.15) is 0 Å². The Kier molecular flexibility index (Phi) is 2.00. The van der Waals surface area contributed by atoms with Crippen LogP contribution < -0.4 is 10.6 Å². The lowest BCUT2D eigenvalue weighted by atomic mass is 9.91. The molecular formula is C8H16N2. The molecular weight excluding hydrogens is 124 g/mol. The van der Waals surface area contributed by atoms with Crippen molar-refractivity contribution < 1.29 is 0 Å². The summed E-state index contributed by atoms with van der Waals surface area (Å²) in [4.78, 5) is 0. The monoisotopic (exact) mass is 140 g/mol. The van der Waals surface area contributed by atoms with Gasteiger partial charge < -0.3 is 5.32 Å². The molecule has 0 unspecified atom stereocenters. The van der Waals surface area contributed by atoms with E-state index < -0.39 is 0 Å². The third-order valence-corrected chi connectivity index (χ3v) is 2.51. The van der Waals surface area contributed by atoms with Crippen LogP contribution in [0.25, 0.3) is 0 Å². The zero-order valence-corrected chi connectivity index (χ0v) is 6.83. The molecule has 0 atom stereocenters. The Bertz CT molecular complexity index is 136. The molecule has 0 aliphatic carbocycles. The molecule has 1 heterocycles. The average molecular weight is 140 g/mol. The van der Waals surface area contributed by atoms with Crippen LogP contribution >= 0.6 is 0 Å². The van der Waals surface area contributed by atoms with Gasteiger partial charge in [-0.1, -0.05) is 20.4 Å². The van der Waals surface area contributed by atoms with E-state index in [1.165, 1.54) is 0 Å². The molecule has 0 aromatic rings. The Morgan fingerprint density at radius 1 is 1.50 bits per heavy atom. The first-order valence-corrected chi connectivity index (χ1v) is 3.93. The highest BCUT2D eigenvalue weighted by atomic mass is 15.2. The van der Waals surface area contributed by atoms with Crippen LogP contribution in [0.1, 0.15) is 26.7 Å². The minimum absolute atomic E-state index is 0.181. The van der Waals surface area contributed by atoms with Crippen molar-refractivity contribution in [1.29, 1.82) is 0 Å². The minimum atomic E-state index is 0.181. The molecule has 1 rings (SSSR count). The first-order valence-electron chi connectivity index (χ1n) is 3.93. The Labute approximate surface area is 62.7 Å². The van der Waals surface area contributed by atoms with E-state index in [0.717, 1.165) is 25.2 Å². The van der Waals surface area contributed by atoms with Crippen molar-refractivity contribution in [2.45, 2.75) is 32.2 Å². The van der Waals surface area contributed by atoms with Crippen LogP contribution in [-0.2, 0) is 0 Å². The van der Waals surface area contributed by atoms with Gasteiger partial charge >= 0.3 is 0 Å². The van der Waals surface area contributed by atoms with E-state index in [-0.39, 0.29) is 5.54 Å². The zero-order valence-electron chi connectivity index (χ0n) is 6.83. The largest absolute Gasteiger partial charge is 0.375 e. The van der Waals surface area contributed by atoms with Gasteiger partial charge in [0.2, 0.25) is 0 Å². The number of hydrogen-bond donors (Lipinski definition) is 2. The van der Waals surface area contributed by atoms with Gasteiger partial charge in [0, 0.05) is 5.70 Å². The lowest BCUT2D eigenvalue weighted by molar-refractivity contribution is 0.409. The maximum absolute atomic E-state index is 3.98. The van der Waals surface area contributed by atoms with Crippen molar-refractivity contribution in [2.24, 2.45) is 0 Å². The minimum Gasteiger partial charge on any atom is -0.375 e. The number of rotatable bonds is 2. The van der Waals surface area contributed by atoms with Gasteiger partial charge in [-0.3, -0.25) is 5.32 Å². The molecule has 0 spiro atoms. The smallest absolute Gasteiger partial charge is 0.0658 e. The van der Waals surface area contributed by atoms with E-state index in [4.69, 9.17) is 0 Å². The molecule has 0 amide bonds. The molecule has 0 radical (unpaired) electrons. The molecule has 2 heteroatoms. The molecule has 2 nitrogen and oxygen atoms in total. The summed E-state index contributed by atoms with van der Waals surface area (Å²) < 4.78 is 0. The third-order valence-electron chi connectivity index (χ3n) is 2.51. The fourth-order valence-corrected chi connectivity index (χ4v) is 1.52. The fourth-order valence-electron chi connectivity index (χ4n) is 1.52. The van der Waals surface area contributed by atoms with Crippen molar-refractivity contribution in [3.63, 3.8) is 0 Å². The maximum Gasteiger partial charge on any atom is 0.0658 e. The molecule has 1 aliphatic heterocycles. The Morgan fingerprint density at radius 2 is 2.10 bits per heavy atom. The summed E-state index contributed by atoms with van der Waals surface area (Å²) in [5, 5.41) is 6.62. The van der Waals surface area contributed by atoms with E-state index in [9.17, 15) is 0 Å². The maximum atomic E-state index is 3.98. The molecule has 2 N–H and O–H groups in total.